The molecule has 2 aromatic carbocycles. The Morgan fingerprint density at radius 2 is 1.93 bits per heavy atom. The third kappa shape index (κ3) is 3.74. The second-order valence-electron chi connectivity index (χ2n) is 7.70. The molecule has 0 bridgehead atoms. The summed E-state index contributed by atoms with van der Waals surface area (Å²) < 4.78 is 0.969. The number of hydrogen-bond acceptors (Lipinski definition) is 5. The van der Waals surface area contributed by atoms with Crippen LogP contribution in [-0.4, -0.2) is 35.6 Å². The Balaban J connectivity index is 1.65. The van der Waals surface area contributed by atoms with Crippen molar-refractivity contribution in [2.75, 3.05) is 18.5 Å². The SMILES string of the molecule is CN(C(=O)C1(CC(=O)O)Cc2ccccc2C1)c1nc2cc(/C=C/CN)ccc2s1. The van der Waals surface area contributed by atoms with Gasteiger partial charge in [-0.25, -0.2) is 4.98 Å². The van der Waals surface area contributed by atoms with Crippen LogP contribution in [0.4, 0.5) is 5.13 Å². The van der Waals surface area contributed by atoms with Crippen LogP contribution in [0.5, 0.6) is 0 Å². The molecule has 0 aliphatic heterocycles. The van der Waals surface area contributed by atoms with Crippen LogP contribution in [0, 0.1) is 5.41 Å². The highest BCUT2D eigenvalue weighted by Crippen LogP contribution is 2.42. The number of fused-ring (bicyclic) bond motifs is 2. The van der Waals surface area contributed by atoms with Crippen molar-refractivity contribution >= 4 is 44.6 Å². The van der Waals surface area contributed by atoms with Gasteiger partial charge in [0.05, 0.1) is 22.1 Å². The number of anilines is 1. The summed E-state index contributed by atoms with van der Waals surface area (Å²) >= 11 is 1.42. The number of benzene rings is 2. The van der Waals surface area contributed by atoms with E-state index in [4.69, 9.17) is 5.73 Å². The summed E-state index contributed by atoms with van der Waals surface area (Å²) in [6.45, 7) is 0.464. The topological polar surface area (TPSA) is 96.5 Å². The van der Waals surface area contributed by atoms with Crippen LogP contribution in [0.2, 0.25) is 0 Å². The monoisotopic (exact) mass is 421 g/mol. The van der Waals surface area contributed by atoms with E-state index in [2.05, 4.69) is 4.98 Å². The molecule has 1 aromatic heterocycles. The lowest BCUT2D eigenvalue weighted by molar-refractivity contribution is -0.144. The lowest BCUT2D eigenvalue weighted by Gasteiger charge is -2.30. The van der Waals surface area contributed by atoms with Gasteiger partial charge in [0.1, 0.15) is 0 Å². The summed E-state index contributed by atoms with van der Waals surface area (Å²) in [6.07, 6.45) is 4.46. The molecule has 30 heavy (non-hydrogen) atoms. The Morgan fingerprint density at radius 1 is 1.23 bits per heavy atom. The first-order valence-corrected chi connectivity index (χ1v) is 10.6. The predicted molar refractivity (Wildman–Crippen MR) is 120 cm³/mol. The third-order valence-corrected chi connectivity index (χ3v) is 6.67. The number of nitrogens with zero attached hydrogens (tertiary/aromatic N) is 2. The van der Waals surface area contributed by atoms with Gasteiger partial charge < -0.3 is 10.8 Å². The van der Waals surface area contributed by atoms with E-state index >= 15 is 0 Å². The van der Waals surface area contributed by atoms with Gasteiger partial charge in [-0.3, -0.25) is 14.5 Å². The predicted octanol–water partition coefficient (Wildman–Crippen LogP) is 3.49. The smallest absolute Gasteiger partial charge is 0.304 e. The fourth-order valence-corrected chi connectivity index (χ4v) is 5.07. The van der Waals surface area contributed by atoms with Crippen LogP contribution < -0.4 is 10.6 Å². The third-order valence-electron chi connectivity index (χ3n) is 5.56. The van der Waals surface area contributed by atoms with Crippen molar-refractivity contribution < 1.29 is 14.7 Å². The number of amides is 1. The number of carbonyl (C=O) groups excluding carboxylic acids is 1. The molecule has 3 N–H and O–H groups in total. The number of nitrogens with two attached hydrogens (primary N) is 1. The first kappa shape index (κ1) is 20.3. The van der Waals surface area contributed by atoms with Crippen molar-refractivity contribution in [3.8, 4) is 0 Å². The minimum Gasteiger partial charge on any atom is -0.481 e. The number of carbonyl (C=O) groups is 2. The van der Waals surface area contributed by atoms with E-state index in [1.54, 1.807) is 7.05 Å². The molecular weight excluding hydrogens is 398 g/mol. The van der Waals surface area contributed by atoms with E-state index in [1.807, 2.05) is 54.6 Å². The number of carboxylic acid groups (broad SMARTS) is 1. The molecule has 1 heterocycles. The van der Waals surface area contributed by atoms with Crippen LogP contribution in [0.15, 0.2) is 48.5 Å². The molecule has 0 fully saturated rings. The van der Waals surface area contributed by atoms with Gasteiger partial charge in [0.25, 0.3) is 0 Å². The molecule has 0 spiro atoms. The summed E-state index contributed by atoms with van der Waals surface area (Å²) in [6, 6.07) is 13.7. The molecule has 1 aliphatic rings. The van der Waals surface area contributed by atoms with Gasteiger partial charge >= 0.3 is 5.97 Å². The second-order valence-corrected chi connectivity index (χ2v) is 8.71. The number of aromatic nitrogens is 1. The number of thiazole rings is 1. The normalized spacial score (nSPS) is 14.9. The zero-order chi connectivity index (χ0) is 21.3. The average Bonchev–Trinajstić information content (AvgIpc) is 3.31. The van der Waals surface area contributed by atoms with E-state index in [1.165, 1.54) is 16.2 Å². The second kappa shape index (κ2) is 8.01. The molecule has 0 saturated heterocycles. The maximum Gasteiger partial charge on any atom is 0.304 e. The Bertz CT molecular complexity index is 1130. The first-order valence-electron chi connectivity index (χ1n) is 9.76. The van der Waals surface area contributed by atoms with E-state index in [9.17, 15) is 14.7 Å². The maximum atomic E-state index is 13.6. The summed E-state index contributed by atoms with van der Waals surface area (Å²) in [5.74, 6) is -1.17. The standard InChI is InChI=1S/C23H23N3O3S/c1-26(22-25-18-11-15(5-4-10-24)8-9-19(18)30-22)21(29)23(14-20(27)28)12-16-6-2-3-7-17(16)13-23/h2-9,11H,10,12-14,24H2,1H3,(H,27,28)/b5-4+. The molecule has 6 nitrogen and oxygen atoms in total. The summed E-state index contributed by atoms with van der Waals surface area (Å²) in [7, 11) is 1.68. The van der Waals surface area contributed by atoms with Crippen LogP contribution in [0.25, 0.3) is 16.3 Å². The quantitative estimate of drug-likeness (QED) is 0.635. The fraction of sp³-hybridized carbons (Fsp3) is 0.261. The van der Waals surface area contributed by atoms with Crippen molar-refractivity contribution in [1.82, 2.24) is 4.98 Å². The molecule has 0 radical (unpaired) electrons. The molecule has 154 valence electrons. The van der Waals surface area contributed by atoms with Gasteiger partial charge in [-0.05, 0) is 41.7 Å². The average molecular weight is 422 g/mol. The van der Waals surface area contributed by atoms with Gasteiger partial charge in [0, 0.05) is 13.6 Å². The Kier molecular flexibility index (Phi) is 5.40. The zero-order valence-electron chi connectivity index (χ0n) is 16.7. The Morgan fingerprint density at radius 3 is 2.57 bits per heavy atom. The summed E-state index contributed by atoms with van der Waals surface area (Å²) in [4.78, 5) is 31.4. The molecule has 0 unspecified atom stereocenters. The van der Waals surface area contributed by atoms with Crippen molar-refractivity contribution in [1.29, 1.82) is 0 Å². The van der Waals surface area contributed by atoms with Crippen LogP contribution in [0.1, 0.15) is 23.1 Å². The van der Waals surface area contributed by atoms with Crippen molar-refractivity contribution in [2.45, 2.75) is 19.3 Å². The van der Waals surface area contributed by atoms with Gasteiger partial charge in [0.15, 0.2) is 5.13 Å². The maximum absolute atomic E-state index is 13.6. The molecule has 0 saturated carbocycles. The highest BCUT2D eigenvalue weighted by Gasteiger charge is 2.47. The largest absolute Gasteiger partial charge is 0.481 e. The molecule has 4 rings (SSSR count). The lowest BCUT2D eigenvalue weighted by atomic mass is 9.80. The van der Waals surface area contributed by atoms with Gasteiger partial charge in [-0.15, -0.1) is 0 Å². The minimum atomic E-state index is -0.989. The van der Waals surface area contributed by atoms with E-state index in [0.717, 1.165) is 26.9 Å². The van der Waals surface area contributed by atoms with E-state index in [0.29, 0.717) is 24.5 Å². The lowest BCUT2D eigenvalue weighted by Crippen LogP contribution is -2.44. The number of rotatable bonds is 6. The van der Waals surface area contributed by atoms with Crippen molar-refractivity contribution in [3.63, 3.8) is 0 Å². The van der Waals surface area contributed by atoms with Gasteiger partial charge in [-0.1, -0.05) is 53.8 Å². The van der Waals surface area contributed by atoms with Crippen LogP contribution in [0.3, 0.4) is 0 Å². The summed E-state index contributed by atoms with van der Waals surface area (Å²) in [5, 5.41) is 10.1. The molecule has 0 atom stereocenters. The highest BCUT2D eigenvalue weighted by atomic mass is 32.1. The zero-order valence-corrected chi connectivity index (χ0v) is 17.5. The van der Waals surface area contributed by atoms with E-state index < -0.39 is 11.4 Å². The van der Waals surface area contributed by atoms with Crippen LogP contribution in [-0.2, 0) is 22.4 Å². The summed E-state index contributed by atoms with van der Waals surface area (Å²) in [5.41, 5.74) is 8.41. The number of hydrogen-bond donors (Lipinski definition) is 2. The first-order chi connectivity index (χ1) is 14.4. The Labute approximate surface area is 178 Å². The fourth-order valence-electron chi connectivity index (χ4n) is 4.16. The number of carboxylic acids is 1. The van der Waals surface area contributed by atoms with E-state index in [-0.39, 0.29) is 12.3 Å². The molecule has 3 aromatic rings. The Hall–Kier alpha value is -3.03. The molecule has 1 amide bonds. The number of aliphatic carboxylic acids is 1. The minimum absolute atomic E-state index is 0.205. The molecule has 7 heteroatoms. The van der Waals surface area contributed by atoms with Crippen LogP contribution >= 0.6 is 11.3 Å². The van der Waals surface area contributed by atoms with Crippen molar-refractivity contribution in [2.24, 2.45) is 11.1 Å². The van der Waals surface area contributed by atoms with Crippen molar-refractivity contribution in [3.05, 3.63) is 65.2 Å². The van der Waals surface area contributed by atoms with Gasteiger partial charge in [-0.2, -0.15) is 0 Å². The van der Waals surface area contributed by atoms with Gasteiger partial charge in [0.2, 0.25) is 5.91 Å². The molecular formula is C23H23N3O3S. The molecule has 1 aliphatic carbocycles. The highest BCUT2D eigenvalue weighted by molar-refractivity contribution is 7.22.